The van der Waals surface area contributed by atoms with E-state index in [-0.39, 0.29) is 11.9 Å². The van der Waals surface area contributed by atoms with Crippen molar-refractivity contribution in [2.75, 3.05) is 27.4 Å². The van der Waals surface area contributed by atoms with Crippen molar-refractivity contribution in [1.82, 2.24) is 4.90 Å². The summed E-state index contributed by atoms with van der Waals surface area (Å²) in [6.07, 6.45) is 7.59. The van der Waals surface area contributed by atoms with Crippen molar-refractivity contribution >= 4 is 5.91 Å². The van der Waals surface area contributed by atoms with Gasteiger partial charge in [-0.05, 0) is 85.5 Å². The highest BCUT2D eigenvalue weighted by atomic mass is 16.5. The van der Waals surface area contributed by atoms with Crippen LogP contribution >= 0.6 is 0 Å². The smallest absolute Gasteiger partial charge is 0.223 e. The second-order valence-electron chi connectivity index (χ2n) is 9.60. The van der Waals surface area contributed by atoms with Crippen LogP contribution in [0.2, 0.25) is 0 Å². The number of hydrogen-bond acceptors (Lipinski definition) is 4. The number of rotatable bonds is 7. The van der Waals surface area contributed by atoms with Gasteiger partial charge in [0.05, 0.1) is 20.3 Å². The minimum absolute atomic E-state index is 0.148. The summed E-state index contributed by atoms with van der Waals surface area (Å²) in [6, 6.07) is 10.2. The van der Waals surface area contributed by atoms with Gasteiger partial charge in [-0.1, -0.05) is 25.3 Å². The van der Waals surface area contributed by atoms with E-state index < -0.39 is 0 Å². The van der Waals surface area contributed by atoms with Gasteiger partial charge in [-0.25, -0.2) is 0 Å². The highest BCUT2D eigenvalue weighted by Crippen LogP contribution is 2.39. The van der Waals surface area contributed by atoms with Gasteiger partial charge in [0.25, 0.3) is 0 Å². The van der Waals surface area contributed by atoms with E-state index in [2.05, 4.69) is 38.1 Å². The van der Waals surface area contributed by atoms with Crippen molar-refractivity contribution in [3.8, 4) is 17.2 Å². The average molecular weight is 452 g/mol. The van der Waals surface area contributed by atoms with Gasteiger partial charge in [-0.2, -0.15) is 0 Å². The molecule has 33 heavy (non-hydrogen) atoms. The molecule has 0 aromatic heterocycles. The maximum absolute atomic E-state index is 13.5. The van der Waals surface area contributed by atoms with Crippen molar-refractivity contribution in [1.29, 1.82) is 0 Å². The molecule has 1 saturated carbocycles. The van der Waals surface area contributed by atoms with E-state index in [4.69, 9.17) is 14.2 Å². The fourth-order valence-corrected chi connectivity index (χ4v) is 5.45. The van der Waals surface area contributed by atoms with Gasteiger partial charge in [-0.3, -0.25) is 4.79 Å². The van der Waals surface area contributed by atoms with Crippen molar-refractivity contribution in [3.63, 3.8) is 0 Å². The van der Waals surface area contributed by atoms with E-state index in [0.717, 1.165) is 23.5 Å². The molecule has 5 heteroatoms. The molecule has 1 fully saturated rings. The van der Waals surface area contributed by atoms with Gasteiger partial charge in [0, 0.05) is 13.0 Å². The van der Waals surface area contributed by atoms with Crippen LogP contribution in [0.15, 0.2) is 30.3 Å². The van der Waals surface area contributed by atoms with Crippen LogP contribution in [0, 0.1) is 19.8 Å². The summed E-state index contributed by atoms with van der Waals surface area (Å²) in [5.41, 5.74) is 4.64. The summed E-state index contributed by atoms with van der Waals surface area (Å²) in [5.74, 6) is 3.02. The van der Waals surface area contributed by atoms with E-state index in [9.17, 15) is 4.79 Å². The molecule has 2 aromatic carbocycles. The molecular formula is C28H37NO4. The zero-order valence-electron chi connectivity index (χ0n) is 20.5. The van der Waals surface area contributed by atoms with E-state index in [1.54, 1.807) is 14.2 Å². The lowest BCUT2D eigenvalue weighted by molar-refractivity contribution is -0.136. The zero-order valence-corrected chi connectivity index (χ0v) is 20.5. The fourth-order valence-electron chi connectivity index (χ4n) is 5.45. The van der Waals surface area contributed by atoms with Crippen molar-refractivity contribution in [2.45, 2.75) is 64.8 Å². The first kappa shape index (κ1) is 23.5. The Morgan fingerprint density at radius 1 is 0.939 bits per heavy atom. The van der Waals surface area contributed by atoms with Gasteiger partial charge in [0.2, 0.25) is 5.91 Å². The van der Waals surface area contributed by atoms with Crippen LogP contribution in [0.25, 0.3) is 0 Å². The largest absolute Gasteiger partial charge is 0.493 e. The predicted octanol–water partition coefficient (Wildman–Crippen LogP) is 5.80. The Labute approximate surface area is 198 Å². The number of amides is 1. The molecule has 1 aliphatic carbocycles. The molecule has 0 unspecified atom stereocenters. The minimum atomic E-state index is -0.148. The van der Waals surface area contributed by atoms with Crippen LogP contribution < -0.4 is 14.2 Å². The molecule has 1 atom stereocenters. The standard InChI is InChI=1S/C28H37NO4/c1-19-12-20(2)14-23(13-19)33-18-25-24-17-27(32-4)26(31-3)16-22(24)10-11-29(25)28(30)15-21-8-6-5-7-9-21/h12-14,16-17,21,25H,5-11,15,18H2,1-4H3/t25-/m1/s1. The van der Waals surface area contributed by atoms with Crippen molar-refractivity contribution in [2.24, 2.45) is 5.92 Å². The van der Waals surface area contributed by atoms with Gasteiger partial charge in [0.15, 0.2) is 11.5 Å². The Bertz CT molecular complexity index is 960. The summed E-state index contributed by atoms with van der Waals surface area (Å²) < 4.78 is 17.4. The number of fused-ring (bicyclic) bond motifs is 1. The highest BCUT2D eigenvalue weighted by Gasteiger charge is 2.34. The quantitative estimate of drug-likeness (QED) is 0.534. The summed E-state index contributed by atoms with van der Waals surface area (Å²) >= 11 is 0. The van der Waals surface area contributed by atoms with Crippen LogP contribution in [-0.2, 0) is 11.2 Å². The number of carbonyl (C=O) groups excluding carboxylic acids is 1. The Kier molecular flexibility index (Phi) is 7.46. The third-order valence-electron chi connectivity index (χ3n) is 7.11. The second kappa shape index (κ2) is 10.5. The van der Waals surface area contributed by atoms with Crippen LogP contribution in [0.5, 0.6) is 17.2 Å². The molecule has 178 valence electrons. The zero-order chi connectivity index (χ0) is 23.4. The third kappa shape index (κ3) is 5.45. The van der Waals surface area contributed by atoms with Crippen LogP contribution in [-0.4, -0.2) is 38.2 Å². The Morgan fingerprint density at radius 2 is 1.61 bits per heavy atom. The number of carbonyl (C=O) groups is 1. The first-order valence-corrected chi connectivity index (χ1v) is 12.2. The maximum Gasteiger partial charge on any atom is 0.223 e. The molecule has 1 aliphatic heterocycles. The molecular weight excluding hydrogens is 414 g/mol. The van der Waals surface area contributed by atoms with E-state index >= 15 is 0 Å². The molecule has 0 N–H and O–H groups in total. The van der Waals surface area contributed by atoms with Gasteiger partial charge < -0.3 is 19.1 Å². The fraction of sp³-hybridized carbons (Fsp3) is 0.536. The summed E-state index contributed by atoms with van der Waals surface area (Å²) in [5, 5.41) is 0. The molecule has 1 heterocycles. The van der Waals surface area contributed by atoms with Crippen LogP contribution in [0.3, 0.4) is 0 Å². The summed E-state index contributed by atoms with van der Waals surface area (Å²) in [4.78, 5) is 15.5. The molecule has 0 bridgehead atoms. The molecule has 2 aliphatic rings. The van der Waals surface area contributed by atoms with Crippen molar-refractivity contribution < 1.29 is 19.0 Å². The Hall–Kier alpha value is -2.69. The topological polar surface area (TPSA) is 48.0 Å². The number of hydrogen-bond donors (Lipinski definition) is 0. The second-order valence-corrected chi connectivity index (χ2v) is 9.60. The lowest BCUT2D eigenvalue weighted by atomic mass is 9.85. The molecule has 5 nitrogen and oxygen atoms in total. The summed E-state index contributed by atoms with van der Waals surface area (Å²) in [7, 11) is 3.31. The average Bonchev–Trinajstić information content (AvgIpc) is 2.81. The predicted molar refractivity (Wildman–Crippen MR) is 130 cm³/mol. The molecule has 2 aromatic rings. The highest BCUT2D eigenvalue weighted by molar-refractivity contribution is 5.77. The molecule has 0 saturated heterocycles. The number of aryl methyl sites for hydroxylation is 2. The Balaban J connectivity index is 1.61. The SMILES string of the molecule is COc1cc2c(cc1OC)[C@@H](COc1cc(C)cc(C)c1)N(C(=O)CC1CCCCC1)CC2. The van der Waals surface area contributed by atoms with Gasteiger partial charge in [0.1, 0.15) is 12.4 Å². The Morgan fingerprint density at radius 3 is 2.27 bits per heavy atom. The van der Waals surface area contributed by atoms with Crippen molar-refractivity contribution in [3.05, 3.63) is 52.6 Å². The van der Waals surface area contributed by atoms with Gasteiger partial charge in [-0.15, -0.1) is 0 Å². The monoisotopic (exact) mass is 451 g/mol. The van der Waals surface area contributed by atoms with Crippen LogP contribution in [0.4, 0.5) is 0 Å². The third-order valence-corrected chi connectivity index (χ3v) is 7.11. The van der Waals surface area contributed by atoms with E-state index in [1.807, 2.05) is 11.0 Å². The lowest BCUT2D eigenvalue weighted by Crippen LogP contribution is -2.43. The lowest BCUT2D eigenvalue weighted by Gasteiger charge is -2.38. The van der Waals surface area contributed by atoms with Crippen LogP contribution in [0.1, 0.15) is 66.8 Å². The van der Waals surface area contributed by atoms with E-state index in [0.29, 0.717) is 31.2 Å². The number of ether oxygens (including phenoxy) is 3. The minimum Gasteiger partial charge on any atom is -0.493 e. The molecule has 1 amide bonds. The number of nitrogens with zero attached hydrogens (tertiary/aromatic N) is 1. The number of benzene rings is 2. The van der Waals surface area contributed by atoms with E-state index in [1.165, 1.54) is 48.8 Å². The van der Waals surface area contributed by atoms with Gasteiger partial charge >= 0.3 is 0 Å². The molecule has 0 spiro atoms. The molecule has 4 rings (SSSR count). The molecule has 0 radical (unpaired) electrons. The summed E-state index contributed by atoms with van der Waals surface area (Å²) in [6.45, 7) is 5.27. The number of methoxy groups -OCH3 is 2. The first-order chi connectivity index (χ1) is 16.0. The first-order valence-electron chi connectivity index (χ1n) is 12.2. The normalized spacial score (nSPS) is 18.5. The maximum atomic E-state index is 13.5.